The Hall–Kier alpha value is -3.24. The van der Waals surface area contributed by atoms with Crippen LogP contribution in [-0.4, -0.2) is 43.3 Å². The minimum atomic E-state index is -0.696. The fourth-order valence-corrected chi connectivity index (χ4v) is 1.89. The molecule has 0 aliphatic carbocycles. The van der Waals surface area contributed by atoms with Gasteiger partial charge in [0.2, 0.25) is 0 Å². The Kier molecular flexibility index (Phi) is 4.92. The SMILES string of the molecule is CC(C)CNC(=O)c1c(NC(=O)c2cc([N+](=O)[O-])[nH]n2)cnn1C. The van der Waals surface area contributed by atoms with Gasteiger partial charge in [0.25, 0.3) is 11.8 Å². The Morgan fingerprint density at radius 1 is 1.42 bits per heavy atom. The van der Waals surface area contributed by atoms with Crippen molar-refractivity contribution >= 4 is 23.3 Å². The Labute approximate surface area is 136 Å². The molecule has 3 N–H and O–H groups in total. The first-order valence-electron chi connectivity index (χ1n) is 7.11. The summed E-state index contributed by atoms with van der Waals surface area (Å²) in [6.07, 6.45) is 1.32. The molecule has 0 unspecified atom stereocenters. The minimum Gasteiger partial charge on any atom is -0.358 e. The molecule has 0 spiro atoms. The van der Waals surface area contributed by atoms with Crippen LogP contribution in [0.25, 0.3) is 0 Å². The zero-order valence-corrected chi connectivity index (χ0v) is 13.4. The van der Waals surface area contributed by atoms with Crippen molar-refractivity contribution in [2.75, 3.05) is 11.9 Å². The van der Waals surface area contributed by atoms with E-state index in [4.69, 9.17) is 0 Å². The molecule has 11 heteroatoms. The summed E-state index contributed by atoms with van der Waals surface area (Å²) < 4.78 is 1.33. The van der Waals surface area contributed by atoms with Crippen molar-refractivity contribution < 1.29 is 14.5 Å². The third kappa shape index (κ3) is 3.74. The molecule has 2 rings (SSSR count). The van der Waals surface area contributed by atoms with Crippen molar-refractivity contribution in [2.24, 2.45) is 13.0 Å². The number of nitrogens with zero attached hydrogens (tertiary/aromatic N) is 4. The second-order valence-electron chi connectivity index (χ2n) is 5.48. The van der Waals surface area contributed by atoms with Gasteiger partial charge in [0.1, 0.15) is 5.69 Å². The minimum absolute atomic E-state index is 0.168. The van der Waals surface area contributed by atoms with Crippen LogP contribution in [0.1, 0.15) is 34.8 Å². The second-order valence-corrected chi connectivity index (χ2v) is 5.48. The molecular weight excluding hydrogens is 318 g/mol. The molecule has 0 fully saturated rings. The molecule has 128 valence electrons. The van der Waals surface area contributed by atoms with E-state index in [0.717, 1.165) is 6.07 Å². The van der Waals surface area contributed by atoms with Gasteiger partial charge in [-0.2, -0.15) is 5.10 Å². The van der Waals surface area contributed by atoms with E-state index >= 15 is 0 Å². The molecule has 0 saturated carbocycles. The molecule has 0 atom stereocenters. The van der Waals surface area contributed by atoms with Gasteiger partial charge >= 0.3 is 5.82 Å². The van der Waals surface area contributed by atoms with Crippen molar-refractivity contribution in [2.45, 2.75) is 13.8 Å². The lowest BCUT2D eigenvalue weighted by Gasteiger charge is -2.09. The number of carbonyl (C=O) groups excluding carboxylic acids is 2. The monoisotopic (exact) mass is 335 g/mol. The maximum Gasteiger partial charge on any atom is 0.343 e. The van der Waals surface area contributed by atoms with Crippen LogP contribution in [0.3, 0.4) is 0 Å². The van der Waals surface area contributed by atoms with Gasteiger partial charge in [0.05, 0.1) is 18.0 Å². The summed E-state index contributed by atoms with van der Waals surface area (Å²) in [4.78, 5) is 34.3. The summed E-state index contributed by atoms with van der Waals surface area (Å²) in [7, 11) is 1.57. The number of anilines is 1. The van der Waals surface area contributed by atoms with Gasteiger partial charge in [-0.25, -0.2) is 0 Å². The average molecular weight is 335 g/mol. The van der Waals surface area contributed by atoms with E-state index in [-0.39, 0.29) is 28.9 Å². The summed E-state index contributed by atoms with van der Waals surface area (Å²) in [5.41, 5.74) is 0.197. The molecule has 2 heterocycles. The maximum absolute atomic E-state index is 12.2. The van der Waals surface area contributed by atoms with E-state index in [1.807, 2.05) is 13.8 Å². The molecule has 2 amide bonds. The normalized spacial score (nSPS) is 10.7. The standard InChI is InChI=1S/C13H17N7O4/c1-7(2)5-14-13(22)11-9(6-15-19(11)3)16-12(21)8-4-10(18-17-8)20(23)24/h4,6-7H,5H2,1-3H3,(H,14,22)(H,16,21)(H,17,18). The van der Waals surface area contributed by atoms with Gasteiger partial charge in [-0.3, -0.25) is 14.3 Å². The first-order valence-corrected chi connectivity index (χ1v) is 7.11. The Balaban J connectivity index is 2.16. The number of carbonyl (C=O) groups is 2. The molecule has 0 saturated heterocycles. The number of hydrogen-bond acceptors (Lipinski definition) is 6. The molecule has 0 aromatic carbocycles. The number of nitrogens with one attached hydrogen (secondary N) is 3. The van der Waals surface area contributed by atoms with Crippen molar-refractivity contribution in [3.8, 4) is 0 Å². The van der Waals surface area contributed by atoms with E-state index in [0.29, 0.717) is 6.54 Å². The van der Waals surface area contributed by atoms with Crippen molar-refractivity contribution in [3.63, 3.8) is 0 Å². The van der Waals surface area contributed by atoms with E-state index in [1.165, 1.54) is 10.9 Å². The number of aromatic amines is 1. The number of amides is 2. The van der Waals surface area contributed by atoms with Crippen LogP contribution >= 0.6 is 0 Å². The third-order valence-corrected chi connectivity index (χ3v) is 3.07. The topological polar surface area (TPSA) is 148 Å². The summed E-state index contributed by atoms with van der Waals surface area (Å²) in [6.45, 7) is 4.39. The van der Waals surface area contributed by atoms with Crippen molar-refractivity contribution in [1.82, 2.24) is 25.3 Å². The number of rotatable bonds is 6. The fraction of sp³-hybridized carbons (Fsp3) is 0.385. The molecule has 2 aromatic rings. The lowest BCUT2D eigenvalue weighted by Crippen LogP contribution is -2.30. The van der Waals surface area contributed by atoms with Crippen LogP contribution in [0.5, 0.6) is 0 Å². The third-order valence-electron chi connectivity index (χ3n) is 3.07. The molecule has 24 heavy (non-hydrogen) atoms. The molecule has 0 aliphatic heterocycles. The molecule has 11 nitrogen and oxygen atoms in total. The van der Waals surface area contributed by atoms with E-state index in [2.05, 4.69) is 25.9 Å². The second kappa shape index (κ2) is 6.89. The largest absolute Gasteiger partial charge is 0.358 e. The molecule has 0 aliphatic rings. The Morgan fingerprint density at radius 3 is 2.71 bits per heavy atom. The molecular formula is C13H17N7O4. The predicted molar refractivity (Wildman–Crippen MR) is 83.6 cm³/mol. The molecule has 0 radical (unpaired) electrons. The lowest BCUT2D eigenvalue weighted by atomic mass is 10.2. The highest BCUT2D eigenvalue weighted by Crippen LogP contribution is 2.16. The fourth-order valence-electron chi connectivity index (χ4n) is 1.89. The van der Waals surface area contributed by atoms with Crippen LogP contribution in [0.15, 0.2) is 12.3 Å². The number of aryl methyl sites for hydroxylation is 1. The van der Waals surface area contributed by atoms with Crippen molar-refractivity contribution in [3.05, 3.63) is 33.8 Å². The number of nitro groups is 1. The quantitative estimate of drug-likeness (QED) is 0.522. The van der Waals surface area contributed by atoms with Gasteiger partial charge in [-0.1, -0.05) is 18.9 Å². The zero-order chi connectivity index (χ0) is 17.9. The van der Waals surface area contributed by atoms with Gasteiger partial charge in [-0.15, -0.1) is 5.10 Å². The Bertz CT molecular complexity index is 777. The van der Waals surface area contributed by atoms with Crippen LogP contribution in [0, 0.1) is 16.0 Å². The Morgan fingerprint density at radius 2 is 2.12 bits per heavy atom. The number of H-pyrrole nitrogens is 1. The summed E-state index contributed by atoms with van der Waals surface area (Å²) in [5.74, 6) is -1.21. The highest BCUT2D eigenvalue weighted by atomic mass is 16.6. The number of aromatic nitrogens is 4. The van der Waals surface area contributed by atoms with Crippen LogP contribution < -0.4 is 10.6 Å². The van der Waals surface area contributed by atoms with Crippen molar-refractivity contribution in [1.29, 1.82) is 0 Å². The van der Waals surface area contributed by atoms with E-state index < -0.39 is 16.6 Å². The van der Waals surface area contributed by atoms with Gasteiger partial charge < -0.3 is 20.7 Å². The smallest absolute Gasteiger partial charge is 0.343 e. The predicted octanol–water partition coefficient (Wildman–Crippen LogP) is 0.689. The average Bonchev–Trinajstić information content (AvgIpc) is 3.12. The summed E-state index contributed by atoms with van der Waals surface area (Å²) >= 11 is 0. The van der Waals surface area contributed by atoms with Crippen LogP contribution in [0.2, 0.25) is 0 Å². The first-order chi connectivity index (χ1) is 11.3. The van der Waals surface area contributed by atoms with Crippen LogP contribution in [-0.2, 0) is 7.05 Å². The zero-order valence-electron chi connectivity index (χ0n) is 13.4. The van der Waals surface area contributed by atoms with E-state index in [9.17, 15) is 19.7 Å². The first kappa shape index (κ1) is 17.1. The van der Waals surface area contributed by atoms with Gasteiger partial charge in [0, 0.05) is 13.6 Å². The lowest BCUT2D eigenvalue weighted by molar-refractivity contribution is -0.389. The van der Waals surface area contributed by atoms with Gasteiger partial charge in [0.15, 0.2) is 5.69 Å². The highest BCUT2D eigenvalue weighted by molar-refractivity contribution is 6.07. The number of hydrogen-bond donors (Lipinski definition) is 3. The van der Waals surface area contributed by atoms with E-state index in [1.54, 1.807) is 7.05 Å². The molecule has 2 aromatic heterocycles. The summed E-state index contributed by atoms with van der Waals surface area (Å²) in [6, 6.07) is 1.00. The van der Waals surface area contributed by atoms with Gasteiger partial charge in [-0.05, 0) is 10.8 Å². The maximum atomic E-state index is 12.2. The molecule has 0 bridgehead atoms. The van der Waals surface area contributed by atoms with Crippen LogP contribution in [0.4, 0.5) is 11.5 Å². The highest BCUT2D eigenvalue weighted by Gasteiger charge is 2.22. The summed E-state index contributed by atoms with van der Waals surface area (Å²) in [5, 5.41) is 25.5.